The maximum Gasteiger partial charge on any atom is 0.417 e. The van der Waals surface area contributed by atoms with E-state index in [0.29, 0.717) is 10.0 Å². The van der Waals surface area contributed by atoms with Gasteiger partial charge >= 0.3 is 6.18 Å². The van der Waals surface area contributed by atoms with Crippen LogP contribution in [0.2, 0.25) is 0 Å². The van der Waals surface area contributed by atoms with E-state index in [2.05, 4.69) is 15.9 Å². The predicted octanol–water partition coefficient (Wildman–Crippen LogP) is 4.14. The first-order valence-corrected chi connectivity index (χ1v) is 5.65. The van der Waals surface area contributed by atoms with Crippen molar-refractivity contribution in [3.8, 4) is 6.07 Å². The number of nitrogens with zero attached hydrogens (tertiary/aromatic N) is 1. The normalized spacial score (nSPS) is 11.2. The Morgan fingerprint density at radius 1 is 1.40 bits per heavy atom. The van der Waals surface area contributed by atoms with Crippen LogP contribution in [-0.2, 0) is 12.6 Å². The first-order valence-electron chi connectivity index (χ1n) is 3.78. The lowest BCUT2D eigenvalue weighted by Crippen LogP contribution is -2.09. The predicted molar refractivity (Wildman–Crippen MR) is 61.2 cm³/mol. The molecule has 1 aromatic carbocycles. The van der Waals surface area contributed by atoms with Gasteiger partial charge < -0.3 is 0 Å². The van der Waals surface area contributed by atoms with Crippen molar-refractivity contribution in [1.29, 1.82) is 5.26 Å². The Balaban J connectivity index is 3.36. The third-order valence-corrected chi connectivity index (χ3v) is 3.42. The third kappa shape index (κ3) is 3.08. The molecule has 0 saturated heterocycles. The lowest BCUT2D eigenvalue weighted by Gasteiger charge is -2.12. The molecule has 1 rings (SSSR count). The van der Waals surface area contributed by atoms with Gasteiger partial charge in [-0.25, -0.2) is 0 Å². The Hall–Kier alpha value is -0.290. The van der Waals surface area contributed by atoms with Gasteiger partial charge in [-0.2, -0.15) is 18.4 Å². The summed E-state index contributed by atoms with van der Waals surface area (Å²) in [5.74, 6) is 0. The van der Waals surface area contributed by atoms with Crippen molar-refractivity contribution in [2.45, 2.75) is 12.6 Å². The van der Waals surface area contributed by atoms with E-state index < -0.39 is 11.7 Å². The fourth-order valence-electron chi connectivity index (χ4n) is 1.07. The van der Waals surface area contributed by atoms with Gasteiger partial charge in [0, 0.05) is 8.04 Å². The second kappa shape index (κ2) is 4.70. The topological polar surface area (TPSA) is 23.8 Å². The first-order chi connectivity index (χ1) is 6.86. The fourth-order valence-corrected chi connectivity index (χ4v) is 2.38. The van der Waals surface area contributed by atoms with E-state index in [9.17, 15) is 13.2 Å². The number of hydrogen-bond acceptors (Lipinski definition) is 1. The van der Waals surface area contributed by atoms with Crippen molar-refractivity contribution in [2.75, 3.05) is 0 Å². The largest absolute Gasteiger partial charge is 0.417 e. The van der Waals surface area contributed by atoms with E-state index >= 15 is 0 Å². The molecule has 1 nitrogen and oxygen atoms in total. The summed E-state index contributed by atoms with van der Waals surface area (Å²) in [5, 5.41) is 8.48. The van der Waals surface area contributed by atoms with Gasteiger partial charge in [-0.15, -0.1) is 0 Å². The average Bonchev–Trinajstić information content (AvgIpc) is 2.09. The number of halogens is 5. The van der Waals surface area contributed by atoms with E-state index in [1.54, 1.807) is 22.6 Å². The maximum absolute atomic E-state index is 12.5. The van der Waals surface area contributed by atoms with Gasteiger partial charge in [0.2, 0.25) is 0 Å². The number of rotatable bonds is 1. The number of alkyl halides is 3. The number of benzene rings is 1. The first kappa shape index (κ1) is 12.8. The van der Waals surface area contributed by atoms with Crippen LogP contribution in [0, 0.1) is 14.9 Å². The summed E-state index contributed by atoms with van der Waals surface area (Å²) in [6.45, 7) is 0. The lowest BCUT2D eigenvalue weighted by atomic mass is 10.1. The zero-order chi connectivity index (χ0) is 11.6. The molecule has 0 atom stereocenters. The second-order valence-corrected chi connectivity index (χ2v) is 4.75. The molecule has 80 valence electrons. The lowest BCUT2D eigenvalue weighted by molar-refractivity contribution is -0.138. The smallest absolute Gasteiger partial charge is 0.198 e. The molecule has 0 saturated carbocycles. The maximum atomic E-state index is 12.5. The highest BCUT2D eigenvalue weighted by molar-refractivity contribution is 14.1. The Morgan fingerprint density at radius 2 is 2.00 bits per heavy atom. The quantitative estimate of drug-likeness (QED) is 0.662. The van der Waals surface area contributed by atoms with Gasteiger partial charge in [0.15, 0.2) is 0 Å². The summed E-state index contributed by atoms with van der Waals surface area (Å²) >= 11 is 4.61. The highest BCUT2D eigenvalue weighted by atomic mass is 127. The second-order valence-electron chi connectivity index (χ2n) is 2.76. The average molecular weight is 390 g/mol. The Kier molecular flexibility index (Phi) is 4.00. The van der Waals surface area contributed by atoms with Crippen molar-refractivity contribution in [3.63, 3.8) is 0 Å². The third-order valence-electron chi connectivity index (χ3n) is 1.69. The fraction of sp³-hybridized carbons (Fsp3) is 0.222. The summed E-state index contributed by atoms with van der Waals surface area (Å²) in [6, 6.07) is 4.38. The molecule has 0 unspecified atom stereocenters. The monoisotopic (exact) mass is 389 g/mol. The van der Waals surface area contributed by atoms with Crippen molar-refractivity contribution in [2.24, 2.45) is 0 Å². The van der Waals surface area contributed by atoms with E-state index in [4.69, 9.17) is 5.26 Å². The zero-order valence-electron chi connectivity index (χ0n) is 7.20. The summed E-state index contributed by atoms with van der Waals surface area (Å²) < 4.78 is 38.0. The van der Waals surface area contributed by atoms with Gasteiger partial charge in [-0.1, -0.05) is 15.9 Å². The minimum absolute atomic E-state index is 0.0270. The molecular formula is C9H4BrF3IN. The number of nitriles is 1. The molecule has 0 aliphatic carbocycles. The van der Waals surface area contributed by atoms with Crippen LogP contribution in [0.25, 0.3) is 0 Å². The van der Waals surface area contributed by atoms with E-state index in [1.807, 2.05) is 6.07 Å². The highest BCUT2D eigenvalue weighted by Crippen LogP contribution is 2.36. The van der Waals surface area contributed by atoms with Crippen LogP contribution >= 0.6 is 38.5 Å². The molecule has 0 spiro atoms. The molecule has 0 N–H and O–H groups in total. The number of hydrogen-bond donors (Lipinski definition) is 0. The van der Waals surface area contributed by atoms with Gasteiger partial charge in [0.05, 0.1) is 18.1 Å². The molecule has 0 amide bonds. The van der Waals surface area contributed by atoms with Gasteiger partial charge in [-0.3, -0.25) is 0 Å². The van der Waals surface area contributed by atoms with Crippen LogP contribution < -0.4 is 0 Å². The molecule has 0 aliphatic rings. The Labute approximate surface area is 107 Å². The SMILES string of the molecule is N#CCc1cc(Br)cc(C(F)(F)F)c1I. The van der Waals surface area contributed by atoms with Crippen LogP contribution in [0.4, 0.5) is 13.2 Å². The molecule has 0 fully saturated rings. The molecule has 15 heavy (non-hydrogen) atoms. The minimum Gasteiger partial charge on any atom is -0.198 e. The summed E-state index contributed by atoms with van der Waals surface area (Å²) in [7, 11) is 0. The van der Waals surface area contributed by atoms with Gasteiger partial charge in [-0.05, 0) is 40.3 Å². The van der Waals surface area contributed by atoms with Crippen molar-refractivity contribution in [3.05, 3.63) is 31.3 Å². The zero-order valence-corrected chi connectivity index (χ0v) is 10.9. The summed E-state index contributed by atoms with van der Waals surface area (Å²) in [4.78, 5) is 0. The van der Waals surface area contributed by atoms with E-state index in [-0.39, 0.29) is 9.99 Å². The molecular weight excluding hydrogens is 386 g/mol. The Morgan fingerprint density at radius 3 is 2.47 bits per heavy atom. The van der Waals surface area contributed by atoms with Crippen molar-refractivity contribution >= 4 is 38.5 Å². The van der Waals surface area contributed by atoms with Crippen LogP contribution in [0.5, 0.6) is 0 Å². The molecule has 1 aromatic rings. The molecule has 0 aromatic heterocycles. The van der Waals surface area contributed by atoms with Crippen LogP contribution in [-0.4, -0.2) is 0 Å². The van der Waals surface area contributed by atoms with Gasteiger partial charge in [0.25, 0.3) is 0 Å². The van der Waals surface area contributed by atoms with Crippen LogP contribution in [0.15, 0.2) is 16.6 Å². The minimum atomic E-state index is -4.38. The molecule has 0 radical (unpaired) electrons. The van der Waals surface area contributed by atoms with E-state index in [1.165, 1.54) is 6.07 Å². The summed E-state index contributed by atoms with van der Waals surface area (Å²) in [5.41, 5.74) is -0.317. The molecule has 0 aliphatic heterocycles. The Bertz CT molecular complexity index is 423. The summed E-state index contributed by atoms with van der Waals surface area (Å²) in [6.07, 6.45) is -4.41. The standard InChI is InChI=1S/C9H4BrF3IN/c10-6-3-5(1-2-15)8(14)7(4-6)9(11,12)13/h3-4H,1H2. The van der Waals surface area contributed by atoms with Crippen molar-refractivity contribution in [1.82, 2.24) is 0 Å². The van der Waals surface area contributed by atoms with Crippen molar-refractivity contribution < 1.29 is 13.2 Å². The van der Waals surface area contributed by atoms with Gasteiger partial charge in [0.1, 0.15) is 0 Å². The molecule has 6 heteroatoms. The van der Waals surface area contributed by atoms with E-state index in [0.717, 1.165) is 6.07 Å². The van der Waals surface area contributed by atoms with Crippen LogP contribution in [0.3, 0.4) is 0 Å². The molecule has 0 heterocycles. The highest BCUT2D eigenvalue weighted by Gasteiger charge is 2.34. The molecule has 0 bridgehead atoms. The van der Waals surface area contributed by atoms with Crippen LogP contribution in [0.1, 0.15) is 11.1 Å².